The maximum absolute atomic E-state index is 13.7. The molecule has 1 aromatic rings. The van der Waals surface area contributed by atoms with Crippen LogP contribution in [0.5, 0.6) is 0 Å². The maximum atomic E-state index is 13.7. The number of nitrogens with two attached hydrogens (primary N) is 1. The molecule has 0 radical (unpaired) electrons. The van der Waals surface area contributed by atoms with E-state index in [-0.39, 0.29) is 24.4 Å². The van der Waals surface area contributed by atoms with E-state index >= 15 is 0 Å². The lowest BCUT2D eigenvalue weighted by Crippen LogP contribution is -2.54. The molecule has 0 spiro atoms. The number of benzene rings is 1. The highest BCUT2D eigenvalue weighted by molar-refractivity contribution is 7.89. The Hall–Kier alpha value is -1.22. The van der Waals surface area contributed by atoms with Crippen molar-refractivity contribution >= 4 is 28.3 Å². The molecule has 1 aliphatic heterocycles. The average molecular weight is 380 g/mol. The Morgan fingerprint density at radius 3 is 2.71 bits per heavy atom. The van der Waals surface area contributed by atoms with Crippen LogP contribution in [0.3, 0.4) is 0 Å². The van der Waals surface area contributed by atoms with Crippen LogP contribution >= 0.6 is 12.4 Å². The van der Waals surface area contributed by atoms with Gasteiger partial charge in [0.2, 0.25) is 15.9 Å². The minimum Gasteiger partial charge on any atom is -0.337 e. The van der Waals surface area contributed by atoms with Crippen molar-refractivity contribution in [1.82, 2.24) is 9.62 Å². The van der Waals surface area contributed by atoms with Crippen molar-refractivity contribution in [3.8, 4) is 0 Å². The van der Waals surface area contributed by atoms with Crippen molar-refractivity contribution in [2.24, 2.45) is 5.73 Å². The Morgan fingerprint density at radius 1 is 1.42 bits per heavy atom. The SMILES string of the molecule is CC(NS(=O)(=O)c1ccccc1F)C(=O)N1CCCCC1CN.Cl. The predicted octanol–water partition coefficient (Wildman–Crippen LogP) is 1.25. The van der Waals surface area contributed by atoms with E-state index in [9.17, 15) is 17.6 Å². The normalized spacial score (nSPS) is 19.5. The lowest BCUT2D eigenvalue weighted by molar-refractivity contribution is -0.136. The number of likely N-dealkylation sites (tertiary alicyclic amines) is 1. The number of hydrogen-bond acceptors (Lipinski definition) is 4. The van der Waals surface area contributed by atoms with Gasteiger partial charge in [0, 0.05) is 19.1 Å². The Labute approximate surface area is 148 Å². The molecule has 0 aliphatic carbocycles. The molecule has 0 bridgehead atoms. The number of rotatable bonds is 5. The fraction of sp³-hybridized carbons (Fsp3) is 0.533. The number of sulfonamides is 1. The molecule has 6 nitrogen and oxygen atoms in total. The summed E-state index contributed by atoms with van der Waals surface area (Å²) in [4.78, 5) is 13.7. The van der Waals surface area contributed by atoms with Crippen LogP contribution in [-0.2, 0) is 14.8 Å². The van der Waals surface area contributed by atoms with Gasteiger partial charge in [0.25, 0.3) is 0 Å². The molecular weight excluding hydrogens is 357 g/mol. The van der Waals surface area contributed by atoms with Crippen molar-refractivity contribution in [2.45, 2.75) is 43.2 Å². The molecule has 1 fully saturated rings. The number of carbonyl (C=O) groups excluding carboxylic acids is 1. The monoisotopic (exact) mass is 379 g/mol. The molecule has 9 heteroatoms. The highest BCUT2D eigenvalue weighted by Gasteiger charge is 2.31. The summed E-state index contributed by atoms with van der Waals surface area (Å²) in [6, 6.07) is 4.01. The van der Waals surface area contributed by atoms with Crippen LogP contribution in [0.4, 0.5) is 4.39 Å². The van der Waals surface area contributed by atoms with Gasteiger partial charge in [-0.15, -0.1) is 12.4 Å². The Balaban J connectivity index is 0.00000288. The number of halogens is 2. The van der Waals surface area contributed by atoms with Crippen LogP contribution in [-0.4, -0.2) is 44.4 Å². The van der Waals surface area contributed by atoms with E-state index in [2.05, 4.69) is 4.72 Å². The summed E-state index contributed by atoms with van der Waals surface area (Å²) in [5.41, 5.74) is 5.69. The third-order valence-corrected chi connectivity index (χ3v) is 5.58. The Bertz CT molecular complexity index is 672. The van der Waals surface area contributed by atoms with Crippen molar-refractivity contribution in [3.05, 3.63) is 30.1 Å². The van der Waals surface area contributed by atoms with E-state index in [1.807, 2.05) is 0 Å². The first-order chi connectivity index (χ1) is 10.9. The minimum atomic E-state index is -4.10. The second-order valence-electron chi connectivity index (χ2n) is 5.69. The number of nitrogens with one attached hydrogen (secondary N) is 1. The van der Waals surface area contributed by atoms with Crippen molar-refractivity contribution in [1.29, 1.82) is 0 Å². The van der Waals surface area contributed by atoms with Gasteiger partial charge in [-0.2, -0.15) is 4.72 Å². The zero-order valence-corrected chi connectivity index (χ0v) is 15.1. The molecule has 136 valence electrons. The van der Waals surface area contributed by atoms with E-state index in [0.717, 1.165) is 25.3 Å². The highest BCUT2D eigenvalue weighted by Crippen LogP contribution is 2.18. The number of piperidine rings is 1. The van der Waals surface area contributed by atoms with E-state index in [4.69, 9.17) is 5.73 Å². The van der Waals surface area contributed by atoms with Crippen molar-refractivity contribution in [3.63, 3.8) is 0 Å². The van der Waals surface area contributed by atoms with Gasteiger partial charge in [-0.05, 0) is 38.3 Å². The van der Waals surface area contributed by atoms with E-state index in [1.54, 1.807) is 4.90 Å². The van der Waals surface area contributed by atoms with Crippen LogP contribution in [0.2, 0.25) is 0 Å². The second kappa shape index (κ2) is 8.75. The lowest BCUT2D eigenvalue weighted by Gasteiger charge is -2.36. The van der Waals surface area contributed by atoms with Crippen molar-refractivity contribution < 1.29 is 17.6 Å². The standard InChI is InChI=1S/C15H22FN3O3S.ClH/c1-11(15(20)19-9-5-4-6-12(19)10-17)18-23(21,22)14-8-3-2-7-13(14)16;/h2-3,7-8,11-12,18H,4-6,9-10,17H2,1H3;1H. The minimum absolute atomic E-state index is 0. The van der Waals surface area contributed by atoms with Gasteiger partial charge in [0.1, 0.15) is 10.7 Å². The summed E-state index contributed by atoms with van der Waals surface area (Å²) in [6.07, 6.45) is 2.69. The predicted molar refractivity (Wildman–Crippen MR) is 91.8 cm³/mol. The van der Waals surface area contributed by atoms with Crippen LogP contribution in [0.25, 0.3) is 0 Å². The number of hydrogen-bond donors (Lipinski definition) is 2. The second-order valence-corrected chi connectivity index (χ2v) is 7.37. The van der Waals surface area contributed by atoms with Crippen LogP contribution < -0.4 is 10.5 Å². The van der Waals surface area contributed by atoms with Gasteiger partial charge in [0.05, 0.1) is 6.04 Å². The summed E-state index contributed by atoms with van der Waals surface area (Å²) < 4.78 is 40.4. The summed E-state index contributed by atoms with van der Waals surface area (Å²) >= 11 is 0. The van der Waals surface area contributed by atoms with Crippen molar-refractivity contribution in [2.75, 3.05) is 13.1 Å². The number of nitrogens with zero attached hydrogens (tertiary/aromatic N) is 1. The number of amides is 1. The summed E-state index contributed by atoms with van der Waals surface area (Å²) in [6.45, 7) is 2.37. The van der Waals surface area contributed by atoms with E-state index < -0.39 is 26.8 Å². The maximum Gasteiger partial charge on any atom is 0.244 e. The zero-order chi connectivity index (χ0) is 17.0. The first-order valence-electron chi connectivity index (χ1n) is 7.64. The third-order valence-electron chi connectivity index (χ3n) is 4.01. The molecule has 24 heavy (non-hydrogen) atoms. The molecule has 1 heterocycles. The Morgan fingerprint density at radius 2 is 2.08 bits per heavy atom. The molecule has 1 saturated heterocycles. The lowest BCUT2D eigenvalue weighted by atomic mass is 10.0. The molecule has 2 atom stereocenters. The largest absolute Gasteiger partial charge is 0.337 e. The molecule has 2 unspecified atom stereocenters. The molecule has 0 saturated carbocycles. The summed E-state index contributed by atoms with van der Waals surface area (Å²) in [7, 11) is -4.10. The molecule has 3 N–H and O–H groups in total. The highest BCUT2D eigenvalue weighted by atomic mass is 35.5. The first-order valence-corrected chi connectivity index (χ1v) is 9.12. The quantitative estimate of drug-likeness (QED) is 0.805. The molecular formula is C15H23ClFN3O3S. The van der Waals surface area contributed by atoms with Gasteiger partial charge in [-0.1, -0.05) is 12.1 Å². The smallest absolute Gasteiger partial charge is 0.244 e. The molecule has 1 aliphatic rings. The van der Waals surface area contributed by atoms with Gasteiger partial charge < -0.3 is 10.6 Å². The summed E-state index contributed by atoms with van der Waals surface area (Å²) in [5, 5.41) is 0. The topological polar surface area (TPSA) is 92.5 Å². The average Bonchev–Trinajstić information content (AvgIpc) is 2.53. The summed E-state index contributed by atoms with van der Waals surface area (Å²) in [5.74, 6) is -1.18. The molecule has 1 amide bonds. The van der Waals surface area contributed by atoms with Crippen LogP contribution in [0, 0.1) is 5.82 Å². The molecule has 0 aromatic heterocycles. The molecule has 1 aromatic carbocycles. The third kappa shape index (κ3) is 4.66. The van der Waals surface area contributed by atoms with Gasteiger partial charge >= 0.3 is 0 Å². The van der Waals surface area contributed by atoms with Crippen LogP contribution in [0.15, 0.2) is 29.2 Å². The van der Waals surface area contributed by atoms with Crippen LogP contribution in [0.1, 0.15) is 26.2 Å². The van der Waals surface area contributed by atoms with Gasteiger partial charge in [-0.3, -0.25) is 4.79 Å². The van der Waals surface area contributed by atoms with Gasteiger partial charge in [-0.25, -0.2) is 12.8 Å². The van der Waals surface area contributed by atoms with E-state index in [1.165, 1.54) is 25.1 Å². The fourth-order valence-electron chi connectivity index (χ4n) is 2.79. The molecule has 2 rings (SSSR count). The Kier molecular flexibility index (Phi) is 7.59. The van der Waals surface area contributed by atoms with Gasteiger partial charge in [0.15, 0.2) is 0 Å². The first kappa shape index (κ1) is 20.8. The fourth-order valence-corrected chi connectivity index (χ4v) is 4.07. The van der Waals surface area contributed by atoms with E-state index in [0.29, 0.717) is 13.1 Å². The zero-order valence-electron chi connectivity index (χ0n) is 13.4. The number of carbonyl (C=O) groups is 1.